The van der Waals surface area contributed by atoms with Crippen molar-refractivity contribution in [3.63, 3.8) is 0 Å². The van der Waals surface area contributed by atoms with Crippen LogP contribution in [0.15, 0.2) is 6.07 Å². The highest BCUT2D eigenvalue weighted by Gasteiger charge is 2.25. The molecule has 0 radical (unpaired) electrons. The van der Waals surface area contributed by atoms with E-state index in [0.29, 0.717) is 5.92 Å². The Labute approximate surface area is 130 Å². The summed E-state index contributed by atoms with van der Waals surface area (Å²) < 4.78 is 0. The average Bonchev–Trinajstić information content (AvgIpc) is 2.44. The third-order valence-corrected chi connectivity index (χ3v) is 4.45. The van der Waals surface area contributed by atoms with Crippen LogP contribution in [-0.4, -0.2) is 16.5 Å². The van der Waals surface area contributed by atoms with Crippen molar-refractivity contribution in [2.75, 3.05) is 11.9 Å². The maximum absolute atomic E-state index is 4.91. The molecule has 1 saturated carbocycles. The highest BCUT2D eigenvalue weighted by molar-refractivity contribution is 5.38. The summed E-state index contributed by atoms with van der Waals surface area (Å²) in [5, 5.41) is 3.44. The lowest BCUT2D eigenvalue weighted by molar-refractivity contribution is 0.338. The predicted molar refractivity (Wildman–Crippen MR) is 89.9 cm³/mol. The molecular formula is C18H31N3. The van der Waals surface area contributed by atoms with E-state index in [2.05, 4.69) is 46.0 Å². The van der Waals surface area contributed by atoms with Crippen LogP contribution in [0.1, 0.15) is 84.2 Å². The predicted octanol–water partition coefficient (Wildman–Crippen LogP) is 4.89. The van der Waals surface area contributed by atoms with Gasteiger partial charge in [-0.15, -0.1) is 0 Å². The van der Waals surface area contributed by atoms with Crippen LogP contribution >= 0.6 is 0 Å². The Kier molecular flexibility index (Phi) is 5.23. The fourth-order valence-corrected chi connectivity index (χ4v) is 2.89. The van der Waals surface area contributed by atoms with Gasteiger partial charge in [-0.25, -0.2) is 9.97 Å². The van der Waals surface area contributed by atoms with Gasteiger partial charge in [0.25, 0.3) is 0 Å². The Bertz CT molecular complexity index is 454. The first-order valence-electron chi connectivity index (χ1n) is 8.53. The third-order valence-electron chi connectivity index (χ3n) is 4.45. The summed E-state index contributed by atoms with van der Waals surface area (Å²) in [7, 11) is 0. The highest BCUT2D eigenvalue weighted by atomic mass is 15.0. The molecule has 0 saturated heterocycles. The minimum absolute atomic E-state index is 0.0717. The molecule has 1 aliphatic carbocycles. The molecule has 2 rings (SSSR count). The number of hydrogen-bond acceptors (Lipinski definition) is 3. The second kappa shape index (κ2) is 6.76. The van der Waals surface area contributed by atoms with Crippen LogP contribution in [0, 0.1) is 5.92 Å². The van der Waals surface area contributed by atoms with Gasteiger partial charge in [0.2, 0.25) is 0 Å². The number of aromatic nitrogens is 2. The van der Waals surface area contributed by atoms with Crippen molar-refractivity contribution in [3.8, 4) is 0 Å². The zero-order valence-electron chi connectivity index (χ0n) is 14.4. The molecule has 0 amide bonds. The topological polar surface area (TPSA) is 37.8 Å². The summed E-state index contributed by atoms with van der Waals surface area (Å²) in [4.78, 5) is 9.72. The van der Waals surface area contributed by atoms with Crippen molar-refractivity contribution in [3.05, 3.63) is 17.6 Å². The van der Waals surface area contributed by atoms with Crippen molar-refractivity contribution in [1.82, 2.24) is 9.97 Å². The molecule has 0 bridgehead atoms. The first kappa shape index (κ1) is 16.3. The van der Waals surface area contributed by atoms with E-state index in [1.165, 1.54) is 25.7 Å². The fourth-order valence-electron chi connectivity index (χ4n) is 2.89. The lowest BCUT2D eigenvalue weighted by atomic mass is 9.82. The Balaban J connectivity index is 2.26. The molecule has 1 N–H and O–H groups in total. The summed E-state index contributed by atoms with van der Waals surface area (Å²) in [6.07, 6.45) is 6.21. The first-order chi connectivity index (χ1) is 9.90. The monoisotopic (exact) mass is 289 g/mol. The van der Waals surface area contributed by atoms with Crippen molar-refractivity contribution in [2.24, 2.45) is 5.92 Å². The van der Waals surface area contributed by atoms with E-state index < -0.39 is 0 Å². The molecule has 0 spiro atoms. The van der Waals surface area contributed by atoms with Crippen molar-refractivity contribution in [2.45, 2.75) is 78.1 Å². The van der Waals surface area contributed by atoms with Crippen molar-refractivity contribution >= 4 is 5.82 Å². The zero-order chi connectivity index (χ0) is 15.5. The van der Waals surface area contributed by atoms with Gasteiger partial charge in [0.15, 0.2) is 0 Å². The molecule has 1 heterocycles. The summed E-state index contributed by atoms with van der Waals surface area (Å²) in [5.41, 5.74) is 1.23. The molecule has 3 heteroatoms. The molecule has 21 heavy (non-hydrogen) atoms. The molecule has 118 valence electrons. The molecule has 1 aromatic rings. The van der Waals surface area contributed by atoms with E-state index >= 15 is 0 Å². The van der Waals surface area contributed by atoms with Gasteiger partial charge >= 0.3 is 0 Å². The Morgan fingerprint density at radius 3 is 2.38 bits per heavy atom. The second-order valence-electron chi connectivity index (χ2n) is 7.63. The molecule has 0 aliphatic heterocycles. The fraction of sp³-hybridized carbons (Fsp3) is 0.778. The molecule has 0 atom stereocenters. The molecule has 1 aliphatic rings. The van der Waals surface area contributed by atoms with Gasteiger partial charge in [-0.05, 0) is 25.2 Å². The smallest absolute Gasteiger partial charge is 0.134 e. The third kappa shape index (κ3) is 4.42. The Morgan fingerprint density at radius 2 is 1.81 bits per heavy atom. The second-order valence-corrected chi connectivity index (χ2v) is 7.63. The standard InChI is InChI=1S/C18H31N3/c1-6-11-19-16-12-15(18(3,4)5)20-17(21-16)14-9-7-13(2)8-10-14/h12-14H,6-11H2,1-5H3,(H,19,20,21). The van der Waals surface area contributed by atoms with Gasteiger partial charge in [0, 0.05) is 23.9 Å². The van der Waals surface area contributed by atoms with E-state index in [9.17, 15) is 0 Å². The quantitative estimate of drug-likeness (QED) is 0.857. The zero-order valence-corrected chi connectivity index (χ0v) is 14.4. The summed E-state index contributed by atoms with van der Waals surface area (Å²) in [6, 6.07) is 2.13. The number of hydrogen-bond donors (Lipinski definition) is 1. The lowest BCUT2D eigenvalue weighted by Crippen LogP contribution is -2.20. The molecule has 3 nitrogen and oxygen atoms in total. The van der Waals surface area contributed by atoms with Crippen LogP contribution in [0.2, 0.25) is 0 Å². The maximum atomic E-state index is 4.91. The molecule has 1 aromatic heterocycles. The molecule has 0 aromatic carbocycles. The summed E-state index contributed by atoms with van der Waals surface area (Å²) in [5.74, 6) is 3.48. The van der Waals surface area contributed by atoms with Gasteiger partial charge in [-0.1, -0.05) is 47.5 Å². The minimum Gasteiger partial charge on any atom is -0.370 e. The Morgan fingerprint density at radius 1 is 1.14 bits per heavy atom. The average molecular weight is 289 g/mol. The van der Waals surface area contributed by atoms with E-state index in [-0.39, 0.29) is 5.41 Å². The van der Waals surface area contributed by atoms with Crippen LogP contribution in [0.4, 0.5) is 5.82 Å². The SMILES string of the molecule is CCCNc1cc(C(C)(C)C)nc(C2CCC(C)CC2)n1. The number of nitrogens with zero attached hydrogens (tertiary/aromatic N) is 2. The van der Waals surface area contributed by atoms with E-state index in [1.807, 2.05) is 0 Å². The van der Waals surface area contributed by atoms with Crippen molar-refractivity contribution in [1.29, 1.82) is 0 Å². The number of nitrogens with one attached hydrogen (secondary N) is 1. The van der Waals surface area contributed by atoms with Crippen LogP contribution in [0.3, 0.4) is 0 Å². The van der Waals surface area contributed by atoms with E-state index in [1.54, 1.807) is 0 Å². The molecular weight excluding hydrogens is 258 g/mol. The van der Waals surface area contributed by atoms with Crippen LogP contribution in [-0.2, 0) is 5.41 Å². The maximum Gasteiger partial charge on any atom is 0.134 e. The van der Waals surface area contributed by atoms with Crippen LogP contribution in [0.25, 0.3) is 0 Å². The van der Waals surface area contributed by atoms with Gasteiger partial charge in [-0.3, -0.25) is 0 Å². The van der Waals surface area contributed by atoms with E-state index in [4.69, 9.17) is 9.97 Å². The normalized spacial score (nSPS) is 23.1. The molecule has 1 fully saturated rings. The lowest BCUT2D eigenvalue weighted by Gasteiger charge is -2.27. The Hall–Kier alpha value is -1.12. The van der Waals surface area contributed by atoms with E-state index in [0.717, 1.165) is 36.2 Å². The number of rotatable bonds is 4. The van der Waals surface area contributed by atoms with Crippen LogP contribution in [0.5, 0.6) is 0 Å². The van der Waals surface area contributed by atoms with Crippen LogP contribution < -0.4 is 5.32 Å². The summed E-state index contributed by atoms with van der Waals surface area (Å²) in [6.45, 7) is 12.2. The summed E-state index contributed by atoms with van der Waals surface area (Å²) >= 11 is 0. The van der Waals surface area contributed by atoms with Gasteiger partial charge in [-0.2, -0.15) is 0 Å². The minimum atomic E-state index is 0.0717. The van der Waals surface area contributed by atoms with Crippen molar-refractivity contribution < 1.29 is 0 Å². The van der Waals surface area contributed by atoms with Gasteiger partial charge < -0.3 is 5.32 Å². The molecule has 0 unspecified atom stereocenters. The van der Waals surface area contributed by atoms with Gasteiger partial charge in [0.1, 0.15) is 11.6 Å². The number of anilines is 1. The highest BCUT2D eigenvalue weighted by Crippen LogP contribution is 2.35. The first-order valence-corrected chi connectivity index (χ1v) is 8.53. The largest absolute Gasteiger partial charge is 0.370 e. The van der Waals surface area contributed by atoms with Gasteiger partial charge in [0.05, 0.1) is 5.69 Å².